The number of piperazine rings is 1. The third-order valence-corrected chi connectivity index (χ3v) is 5.96. The predicted octanol–water partition coefficient (Wildman–Crippen LogP) is -0.447. The Bertz CT molecular complexity index is 375. The molecule has 0 amide bonds. The molecule has 0 aromatic carbocycles. The van der Waals surface area contributed by atoms with Gasteiger partial charge < -0.3 is 5.32 Å². The predicted molar refractivity (Wildman–Crippen MR) is 76.3 cm³/mol. The molecule has 0 aromatic heterocycles. The van der Waals surface area contributed by atoms with Crippen molar-refractivity contribution in [3.8, 4) is 0 Å². The zero-order valence-electron chi connectivity index (χ0n) is 12.0. The normalized spacial score (nSPS) is 23.7. The van der Waals surface area contributed by atoms with E-state index in [1.807, 2.05) is 0 Å². The van der Waals surface area contributed by atoms with Crippen LogP contribution in [0, 0.1) is 0 Å². The topological polar surface area (TPSA) is 55.9 Å². The van der Waals surface area contributed by atoms with Gasteiger partial charge in [0.05, 0.1) is 0 Å². The summed E-state index contributed by atoms with van der Waals surface area (Å²) in [5.74, 6) is 0. The zero-order chi connectivity index (χ0) is 13.9. The Balaban J connectivity index is 1.81. The molecular formula is C12H26N4O2S. The molecule has 0 saturated carbocycles. The van der Waals surface area contributed by atoms with Crippen molar-refractivity contribution in [2.45, 2.75) is 25.8 Å². The maximum Gasteiger partial charge on any atom is 0.281 e. The smallest absolute Gasteiger partial charge is 0.281 e. The van der Waals surface area contributed by atoms with Crippen molar-refractivity contribution >= 4 is 10.2 Å². The van der Waals surface area contributed by atoms with Crippen molar-refractivity contribution in [3.05, 3.63) is 0 Å². The Morgan fingerprint density at radius 1 is 1.26 bits per heavy atom. The largest absolute Gasteiger partial charge is 0.314 e. The van der Waals surface area contributed by atoms with Crippen LogP contribution in [-0.2, 0) is 10.2 Å². The summed E-state index contributed by atoms with van der Waals surface area (Å²) in [6, 6.07) is 0.413. The van der Waals surface area contributed by atoms with Gasteiger partial charge in [0.2, 0.25) is 0 Å². The molecule has 0 aliphatic carbocycles. The van der Waals surface area contributed by atoms with Crippen LogP contribution in [0.3, 0.4) is 0 Å². The average Bonchev–Trinajstić information content (AvgIpc) is 2.35. The molecule has 1 N–H and O–H groups in total. The minimum absolute atomic E-state index is 0.413. The van der Waals surface area contributed by atoms with E-state index in [9.17, 15) is 8.42 Å². The van der Waals surface area contributed by atoms with Crippen molar-refractivity contribution in [3.63, 3.8) is 0 Å². The lowest BCUT2D eigenvalue weighted by Gasteiger charge is -2.46. The van der Waals surface area contributed by atoms with Crippen LogP contribution in [0.1, 0.15) is 19.8 Å². The molecule has 0 atom stereocenters. The standard InChI is InChI=1S/C12H26N4O2S/c1-3-4-7-14(2)19(17,18)16-10-12(11-16)15-8-5-13-6-9-15/h12-13H,3-11H2,1-2H3. The maximum absolute atomic E-state index is 12.3. The molecule has 2 aliphatic heterocycles. The van der Waals surface area contributed by atoms with Crippen LogP contribution in [0.15, 0.2) is 0 Å². The van der Waals surface area contributed by atoms with Gasteiger partial charge >= 0.3 is 0 Å². The second-order valence-corrected chi connectivity index (χ2v) is 7.48. The molecular weight excluding hydrogens is 264 g/mol. The molecule has 2 aliphatic rings. The summed E-state index contributed by atoms with van der Waals surface area (Å²) >= 11 is 0. The summed E-state index contributed by atoms with van der Waals surface area (Å²) in [4.78, 5) is 2.40. The third kappa shape index (κ3) is 3.46. The van der Waals surface area contributed by atoms with Gasteiger partial charge in [0.25, 0.3) is 10.2 Å². The fraction of sp³-hybridized carbons (Fsp3) is 1.00. The third-order valence-electron chi connectivity index (χ3n) is 4.04. The van der Waals surface area contributed by atoms with Crippen molar-refractivity contribution in [2.75, 3.05) is 52.9 Å². The van der Waals surface area contributed by atoms with Crippen molar-refractivity contribution in [1.82, 2.24) is 18.8 Å². The molecule has 19 heavy (non-hydrogen) atoms. The Morgan fingerprint density at radius 2 is 1.89 bits per heavy atom. The average molecular weight is 290 g/mol. The molecule has 0 aromatic rings. The van der Waals surface area contributed by atoms with Gasteiger partial charge in [-0.1, -0.05) is 13.3 Å². The van der Waals surface area contributed by atoms with Crippen LogP contribution in [-0.4, -0.2) is 80.8 Å². The molecule has 2 fully saturated rings. The zero-order valence-corrected chi connectivity index (χ0v) is 12.8. The highest BCUT2D eigenvalue weighted by molar-refractivity contribution is 7.86. The molecule has 0 bridgehead atoms. The fourth-order valence-corrected chi connectivity index (χ4v) is 4.05. The van der Waals surface area contributed by atoms with E-state index in [-0.39, 0.29) is 0 Å². The minimum Gasteiger partial charge on any atom is -0.314 e. The summed E-state index contributed by atoms with van der Waals surface area (Å²) in [6.45, 7) is 8.09. The van der Waals surface area contributed by atoms with E-state index < -0.39 is 10.2 Å². The lowest BCUT2D eigenvalue weighted by atomic mass is 10.1. The first-order chi connectivity index (χ1) is 9.05. The number of nitrogens with zero attached hydrogens (tertiary/aromatic N) is 3. The van der Waals surface area contributed by atoms with E-state index in [4.69, 9.17) is 0 Å². The molecule has 2 saturated heterocycles. The van der Waals surface area contributed by atoms with Gasteiger partial charge in [-0.2, -0.15) is 17.0 Å². The molecule has 112 valence electrons. The fourth-order valence-electron chi connectivity index (χ4n) is 2.58. The Hall–Kier alpha value is -0.210. The molecule has 2 rings (SSSR count). The summed E-state index contributed by atoms with van der Waals surface area (Å²) < 4.78 is 27.6. The van der Waals surface area contributed by atoms with Gasteiger partial charge in [-0.05, 0) is 6.42 Å². The summed E-state index contributed by atoms with van der Waals surface area (Å²) in [6.07, 6.45) is 1.94. The van der Waals surface area contributed by atoms with E-state index in [0.717, 1.165) is 39.0 Å². The molecule has 6 nitrogen and oxygen atoms in total. The summed E-state index contributed by atoms with van der Waals surface area (Å²) in [5.41, 5.74) is 0. The Kier molecular flexibility index (Phi) is 5.19. The van der Waals surface area contributed by atoms with Crippen molar-refractivity contribution in [2.24, 2.45) is 0 Å². The van der Waals surface area contributed by atoms with Crippen LogP contribution in [0.2, 0.25) is 0 Å². The molecule has 0 spiro atoms. The lowest BCUT2D eigenvalue weighted by Crippen LogP contribution is -2.65. The summed E-state index contributed by atoms with van der Waals surface area (Å²) in [5, 5.41) is 3.32. The summed E-state index contributed by atoms with van der Waals surface area (Å²) in [7, 11) is -1.54. The van der Waals surface area contributed by atoms with Crippen LogP contribution in [0.25, 0.3) is 0 Å². The highest BCUT2D eigenvalue weighted by atomic mass is 32.2. The number of hydrogen-bond donors (Lipinski definition) is 1. The van der Waals surface area contributed by atoms with Crippen LogP contribution < -0.4 is 5.32 Å². The first-order valence-electron chi connectivity index (χ1n) is 7.22. The van der Waals surface area contributed by atoms with E-state index in [1.165, 1.54) is 4.31 Å². The number of hydrogen-bond acceptors (Lipinski definition) is 4. The second-order valence-electron chi connectivity index (χ2n) is 5.44. The Labute approximate surface area is 116 Å². The molecule has 7 heteroatoms. The number of rotatable bonds is 6. The monoisotopic (exact) mass is 290 g/mol. The highest BCUT2D eigenvalue weighted by Crippen LogP contribution is 2.21. The van der Waals surface area contributed by atoms with Gasteiger partial charge in [-0.25, -0.2) is 0 Å². The van der Waals surface area contributed by atoms with Crippen molar-refractivity contribution in [1.29, 1.82) is 0 Å². The quantitative estimate of drug-likeness (QED) is 0.720. The van der Waals surface area contributed by atoms with Crippen LogP contribution in [0.4, 0.5) is 0 Å². The van der Waals surface area contributed by atoms with Gasteiger partial charge in [0.1, 0.15) is 0 Å². The van der Waals surface area contributed by atoms with Crippen LogP contribution >= 0.6 is 0 Å². The van der Waals surface area contributed by atoms with Crippen molar-refractivity contribution < 1.29 is 8.42 Å². The number of unbranched alkanes of at least 4 members (excludes halogenated alkanes) is 1. The molecule has 0 unspecified atom stereocenters. The SMILES string of the molecule is CCCCN(C)S(=O)(=O)N1CC(N2CCNCC2)C1. The minimum atomic E-state index is -3.22. The van der Waals surface area contributed by atoms with Crippen LogP contribution in [0.5, 0.6) is 0 Å². The molecule has 0 radical (unpaired) electrons. The first kappa shape index (κ1) is 15.2. The van der Waals surface area contributed by atoms with E-state index in [1.54, 1.807) is 11.4 Å². The highest BCUT2D eigenvalue weighted by Gasteiger charge is 2.40. The number of nitrogens with one attached hydrogen (secondary N) is 1. The first-order valence-corrected chi connectivity index (χ1v) is 8.61. The molecule has 2 heterocycles. The van der Waals surface area contributed by atoms with Gasteiger partial charge in [0.15, 0.2) is 0 Å². The van der Waals surface area contributed by atoms with Gasteiger partial charge in [-0.15, -0.1) is 0 Å². The second kappa shape index (κ2) is 6.49. The lowest BCUT2D eigenvalue weighted by molar-refractivity contribution is 0.0738. The van der Waals surface area contributed by atoms with E-state index in [2.05, 4.69) is 17.1 Å². The van der Waals surface area contributed by atoms with E-state index in [0.29, 0.717) is 25.7 Å². The van der Waals surface area contributed by atoms with Gasteiger partial charge in [-0.3, -0.25) is 4.90 Å². The van der Waals surface area contributed by atoms with Gasteiger partial charge in [0, 0.05) is 58.9 Å². The Morgan fingerprint density at radius 3 is 2.47 bits per heavy atom. The van der Waals surface area contributed by atoms with E-state index >= 15 is 0 Å². The maximum atomic E-state index is 12.3.